The van der Waals surface area contributed by atoms with E-state index in [1.807, 2.05) is 40.0 Å². The molecule has 2 heterocycles. The molecule has 0 aliphatic heterocycles. The zero-order valence-corrected chi connectivity index (χ0v) is 21.8. The molecule has 2 aromatic heterocycles. The lowest BCUT2D eigenvalue weighted by Crippen LogP contribution is -2.22. The van der Waals surface area contributed by atoms with E-state index in [1.54, 1.807) is 12.3 Å². The number of anilines is 1. The summed E-state index contributed by atoms with van der Waals surface area (Å²) >= 11 is 1.52. The van der Waals surface area contributed by atoms with Crippen molar-refractivity contribution in [2.75, 3.05) is 12.4 Å². The second-order valence-electron chi connectivity index (χ2n) is 8.49. The molecule has 0 radical (unpaired) electrons. The van der Waals surface area contributed by atoms with Crippen molar-refractivity contribution in [3.8, 4) is 21.6 Å². The number of carbonyl (C=O) groups is 2. The number of carbonyl (C=O) groups excluding carboxylic acids is 2. The molecule has 6 nitrogen and oxygen atoms in total. The maximum atomic E-state index is 11.4. The number of aldehydes is 1. The third kappa shape index (κ3) is 6.43. The Morgan fingerprint density at radius 2 is 1.61 bits per heavy atom. The molecule has 0 amide bonds. The minimum Gasteiger partial charge on any atom is -0.461 e. The van der Waals surface area contributed by atoms with E-state index in [1.165, 1.54) is 17.1 Å². The van der Waals surface area contributed by atoms with Crippen LogP contribution < -0.4 is 5.32 Å². The molecule has 4 aromatic rings. The summed E-state index contributed by atoms with van der Waals surface area (Å²) in [5.41, 5.74) is 7.02. The Bertz CT molecular complexity index is 1260. The third-order valence-electron chi connectivity index (χ3n) is 6.16. The summed E-state index contributed by atoms with van der Waals surface area (Å²) in [5, 5.41) is 3.24. The highest BCUT2D eigenvalue weighted by atomic mass is 32.1. The predicted octanol–water partition coefficient (Wildman–Crippen LogP) is 6.45. The van der Waals surface area contributed by atoms with E-state index in [0.717, 1.165) is 51.3 Å². The van der Waals surface area contributed by atoms with Gasteiger partial charge in [-0.1, -0.05) is 61.5 Å². The summed E-state index contributed by atoms with van der Waals surface area (Å²) < 4.78 is 8.92. The Morgan fingerprint density at radius 1 is 0.972 bits per heavy atom. The minimum absolute atomic E-state index is 0.254. The zero-order chi connectivity index (χ0) is 26.0. The number of aryl methyl sites for hydroxylation is 1. The number of hydrogen-bond acceptors (Lipinski definition) is 7. The molecule has 0 saturated carbocycles. The lowest BCUT2D eigenvalue weighted by molar-refractivity contribution is -0.129. The van der Waals surface area contributed by atoms with Crippen molar-refractivity contribution in [1.29, 1.82) is 0 Å². The molecule has 36 heavy (non-hydrogen) atoms. The van der Waals surface area contributed by atoms with Crippen LogP contribution in [0.3, 0.4) is 0 Å². The number of nitrogens with zero attached hydrogens (tertiary/aromatic N) is 2. The predicted molar refractivity (Wildman–Crippen MR) is 146 cm³/mol. The van der Waals surface area contributed by atoms with Gasteiger partial charge in [-0.3, -0.25) is 9.78 Å². The Balaban J connectivity index is 0.000000303. The van der Waals surface area contributed by atoms with Crippen molar-refractivity contribution in [2.45, 2.75) is 39.2 Å². The van der Waals surface area contributed by atoms with Gasteiger partial charge in [0.2, 0.25) is 0 Å². The van der Waals surface area contributed by atoms with Crippen LogP contribution in [-0.2, 0) is 26.3 Å². The lowest BCUT2D eigenvalue weighted by atomic mass is 9.81. The van der Waals surface area contributed by atoms with Crippen molar-refractivity contribution in [2.24, 2.45) is 0 Å². The van der Waals surface area contributed by atoms with Gasteiger partial charge in [-0.15, -0.1) is 0 Å². The summed E-state index contributed by atoms with van der Waals surface area (Å²) in [6, 6.07) is 22.3. The maximum Gasteiger partial charge on any atom is 0.293 e. The molecule has 7 heteroatoms. The van der Waals surface area contributed by atoms with E-state index in [-0.39, 0.29) is 6.61 Å². The van der Waals surface area contributed by atoms with Crippen LogP contribution in [0.5, 0.6) is 0 Å². The maximum absolute atomic E-state index is 11.4. The van der Waals surface area contributed by atoms with Crippen LogP contribution in [0.1, 0.15) is 37.2 Å². The van der Waals surface area contributed by atoms with Crippen LogP contribution in [0.15, 0.2) is 72.9 Å². The van der Waals surface area contributed by atoms with Crippen molar-refractivity contribution in [3.63, 3.8) is 0 Å². The van der Waals surface area contributed by atoms with E-state index >= 15 is 0 Å². The van der Waals surface area contributed by atoms with Crippen molar-refractivity contribution < 1.29 is 14.3 Å². The second-order valence-corrected chi connectivity index (χ2v) is 9.27. The molecule has 1 atom stereocenters. The van der Waals surface area contributed by atoms with Gasteiger partial charge in [-0.05, 0) is 66.2 Å². The highest BCUT2D eigenvalue weighted by molar-refractivity contribution is 7.10. The minimum atomic E-state index is -0.407. The van der Waals surface area contributed by atoms with Crippen molar-refractivity contribution in [1.82, 2.24) is 9.36 Å². The SMILES string of the molecule is CCC(C)(C=O)c1ccc(-c2ccc(-c3snc(C)c3NC)cc2)cc1.O=COCc1ccccn1. The Hall–Kier alpha value is -3.84. The molecule has 1 N–H and O–H groups in total. The number of nitrogens with one attached hydrogen (secondary N) is 1. The summed E-state index contributed by atoms with van der Waals surface area (Å²) in [4.78, 5) is 26.3. The van der Waals surface area contributed by atoms with Crippen LogP contribution in [0.25, 0.3) is 21.6 Å². The van der Waals surface area contributed by atoms with Gasteiger partial charge < -0.3 is 14.8 Å². The Kier molecular flexibility index (Phi) is 9.47. The summed E-state index contributed by atoms with van der Waals surface area (Å²) in [6.07, 6.45) is 3.50. The topological polar surface area (TPSA) is 81.2 Å². The van der Waals surface area contributed by atoms with Gasteiger partial charge in [-0.25, -0.2) is 0 Å². The van der Waals surface area contributed by atoms with E-state index in [4.69, 9.17) is 0 Å². The molecule has 4 rings (SSSR count). The first kappa shape index (κ1) is 26.8. The van der Waals surface area contributed by atoms with E-state index in [0.29, 0.717) is 6.47 Å². The average Bonchev–Trinajstić information content (AvgIpc) is 3.32. The van der Waals surface area contributed by atoms with Crippen LogP contribution in [0.4, 0.5) is 5.69 Å². The number of benzene rings is 2. The van der Waals surface area contributed by atoms with Gasteiger partial charge in [0.1, 0.15) is 12.9 Å². The van der Waals surface area contributed by atoms with E-state index in [9.17, 15) is 9.59 Å². The van der Waals surface area contributed by atoms with Gasteiger partial charge in [0.15, 0.2) is 0 Å². The van der Waals surface area contributed by atoms with Crippen LogP contribution >= 0.6 is 11.5 Å². The second kappa shape index (κ2) is 12.7. The van der Waals surface area contributed by atoms with Crippen molar-refractivity contribution in [3.05, 3.63) is 89.9 Å². The standard InChI is InChI=1S/C22H24N2OS.C7H7NO2/c1-5-22(3,14-25)19-12-10-17(11-13-19)16-6-8-18(9-7-16)21-20(23-4)15(2)24-26-21;9-6-10-5-7-3-1-2-4-8-7/h6-14,23H,5H2,1-4H3;1-4,6H,5H2. The van der Waals surface area contributed by atoms with Crippen LogP contribution in [0.2, 0.25) is 0 Å². The Morgan fingerprint density at radius 3 is 2.14 bits per heavy atom. The monoisotopic (exact) mass is 501 g/mol. The smallest absolute Gasteiger partial charge is 0.293 e. The quantitative estimate of drug-likeness (QED) is 0.266. The number of pyridine rings is 1. The molecule has 0 saturated heterocycles. The molecule has 2 aromatic carbocycles. The first-order valence-corrected chi connectivity index (χ1v) is 12.5. The van der Waals surface area contributed by atoms with Crippen molar-refractivity contribution >= 4 is 30.0 Å². The van der Waals surface area contributed by atoms with Gasteiger partial charge in [0, 0.05) is 18.7 Å². The number of ether oxygens (including phenoxy) is 1. The average molecular weight is 502 g/mol. The Labute approximate surface area is 216 Å². The van der Waals surface area contributed by atoms with Crippen LogP contribution in [-0.4, -0.2) is 29.2 Å². The van der Waals surface area contributed by atoms with E-state index < -0.39 is 5.41 Å². The molecule has 0 fully saturated rings. The molecular formula is C29H31N3O3S. The largest absolute Gasteiger partial charge is 0.461 e. The van der Waals surface area contributed by atoms with Gasteiger partial charge in [-0.2, -0.15) is 4.37 Å². The summed E-state index contributed by atoms with van der Waals surface area (Å²) in [5.74, 6) is 0. The number of hydrogen-bond donors (Lipinski definition) is 1. The lowest BCUT2D eigenvalue weighted by Gasteiger charge is -2.21. The summed E-state index contributed by atoms with van der Waals surface area (Å²) in [6.45, 7) is 6.71. The van der Waals surface area contributed by atoms with Gasteiger partial charge in [0.25, 0.3) is 6.47 Å². The molecule has 186 valence electrons. The molecule has 0 bridgehead atoms. The van der Waals surface area contributed by atoms with E-state index in [2.05, 4.69) is 67.9 Å². The highest BCUT2D eigenvalue weighted by Gasteiger charge is 2.23. The fourth-order valence-corrected chi connectivity index (χ4v) is 4.58. The molecule has 0 spiro atoms. The fourth-order valence-electron chi connectivity index (χ4n) is 3.68. The summed E-state index contributed by atoms with van der Waals surface area (Å²) in [7, 11) is 1.93. The molecule has 0 aliphatic rings. The first-order valence-electron chi connectivity index (χ1n) is 11.7. The number of aromatic nitrogens is 2. The first-order chi connectivity index (χ1) is 17.5. The van der Waals surface area contributed by atoms with Crippen LogP contribution in [0, 0.1) is 6.92 Å². The van der Waals surface area contributed by atoms with Gasteiger partial charge in [0.05, 0.1) is 22.0 Å². The normalized spacial score (nSPS) is 12.0. The number of rotatable bonds is 9. The fraction of sp³-hybridized carbons (Fsp3) is 0.241. The third-order valence-corrected chi connectivity index (χ3v) is 7.15. The molecular weight excluding hydrogens is 470 g/mol. The molecule has 1 unspecified atom stereocenters. The zero-order valence-electron chi connectivity index (χ0n) is 21.0. The highest BCUT2D eigenvalue weighted by Crippen LogP contribution is 2.35. The molecule has 0 aliphatic carbocycles. The van der Waals surface area contributed by atoms with Gasteiger partial charge >= 0.3 is 0 Å².